The highest BCUT2D eigenvalue weighted by molar-refractivity contribution is 6.32. The van der Waals surface area contributed by atoms with Crippen molar-refractivity contribution in [1.29, 1.82) is 0 Å². The van der Waals surface area contributed by atoms with E-state index in [4.69, 9.17) is 26.8 Å². The summed E-state index contributed by atoms with van der Waals surface area (Å²) in [6.45, 7) is 2.29. The number of nitrogens with one attached hydrogen (secondary N) is 1. The lowest BCUT2D eigenvalue weighted by Gasteiger charge is -2.32. The van der Waals surface area contributed by atoms with Crippen molar-refractivity contribution in [3.63, 3.8) is 0 Å². The zero-order valence-electron chi connectivity index (χ0n) is 20.5. The molecule has 12 nitrogen and oxygen atoms in total. The Bertz CT molecular complexity index is 1380. The monoisotopic (exact) mass is 564 g/mol. The number of rotatable bonds is 11. The first kappa shape index (κ1) is 26.6. The van der Waals surface area contributed by atoms with E-state index in [0.29, 0.717) is 35.7 Å². The molecule has 2 atom stereocenters. The fraction of sp³-hybridized carbons (Fsp3) is 0.391. The van der Waals surface area contributed by atoms with Crippen LogP contribution in [-0.4, -0.2) is 64.9 Å². The smallest absolute Gasteiger partial charge is 0.304 e. The minimum Gasteiger partial charge on any atom is -0.487 e. The summed E-state index contributed by atoms with van der Waals surface area (Å²) in [5.74, 6) is 0.259. The predicted octanol–water partition coefficient (Wildman–Crippen LogP) is 3.79. The van der Waals surface area contributed by atoms with E-state index < -0.39 is 12.8 Å². The van der Waals surface area contributed by atoms with E-state index in [-0.39, 0.29) is 35.7 Å². The fourth-order valence-electron chi connectivity index (χ4n) is 3.96. The molecule has 0 bridgehead atoms. The zero-order valence-corrected chi connectivity index (χ0v) is 21.3. The van der Waals surface area contributed by atoms with Crippen molar-refractivity contribution in [3.8, 4) is 22.8 Å². The highest BCUT2D eigenvalue weighted by Crippen LogP contribution is 2.36. The number of ether oxygens (including phenoxy) is 2. The maximum absolute atomic E-state index is 13.6. The number of anilines is 2. The number of tetrazole rings is 1. The summed E-state index contributed by atoms with van der Waals surface area (Å²) in [4.78, 5) is 8.59. The number of halogens is 4. The Morgan fingerprint density at radius 3 is 2.59 bits per heavy atom. The Labute approximate surface area is 225 Å². The molecule has 1 aliphatic rings. The molecule has 5 rings (SSSR count). The van der Waals surface area contributed by atoms with Gasteiger partial charge in [0.1, 0.15) is 23.9 Å². The van der Waals surface area contributed by atoms with Crippen LogP contribution in [0.5, 0.6) is 11.6 Å². The average Bonchev–Trinajstić information content (AvgIpc) is 3.54. The summed E-state index contributed by atoms with van der Waals surface area (Å²) in [6.07, 6.45) is 1.00. The van der Waals surface area contributed by atoms with Crippen LogP contribution in [0.3, 0.4) is 0 Å². The lowest BCUT2D eigenvalue weighted by Crippen LogP contribution is -2.37. The first-order chi connectivity index (χ1) is 18.7. The molecule has 0 saturated heterocycles. The molecule has 0 aliphatic heterocycles. The summed E-state index contributed by atoms with van der Waals surface area (Å²) in [6, 6.07) is 5.23. The number of nitrogens with zero attached hydrogens (tertiary/aromatic N) is 8. The van der Waals surface area contributed by atoms with Crippen LogP contribution in [0.15, 0.2) is 43.1 Å². The first-order valence-electron chi connectivity index (χ1n) is 11.9. The molecule has 206 valence electrons. The number of hydrogen-bond donors (Lipinski definition) is 2. The number of benzene rings is 1. The molecule has 0 radical (unpaired) electrons. The van der Waals surface area contributed by atoms with E-state index in [2.05, 4.69) is 35.9 Å². The van der Waals surface area contributed by atoms with E-state index >= 15 is 0 Å². The van der Waals surface area contributed by atoms with Gasteiger partial charge in [-0.3, -0.25) is 4.68 Å². The lowest BCUT2D eigenvalue weighted by atomic mass is 9.88. The van der Waals surface area contributed by atoms with Gasteiger partial charge in [-0.15, -0.1) is 10.2 Å². The van der Waals surface area contributed by atoms with Crippen LogP contribution < -0.4 is 20.5 Å². The molecular weight excluding hydrogens is 541 g/mol. The molecule has 3 aromatic heterocycles. The lowest BCUT2D eigenvalue weighted by molar-refractivity contribution is -0.0690. The van der Waals surface area contributed by atoms with Gasteiger partial charge < -0.3 is 20.5 Å². The molecular formula is C23H24ClF3N10O2. The standard InChI is InChI=1S/C23H24ClF3N10O2/c1-12(9-36-11-31-34-35-36)38-19-4-13(2-3-17(19)24)14-7-29-23(30-8-14)32-18-10-37(16-5-15(28)6-16)33-22(18)39-21(27)20(25)26/h2-4,7-8,10-12,15-16,20-21H,5-6,9,28H2,1H3,(H,29,30,32)/t12-,15?,16?,21?/m0/s1. The molecule has 3 N–H and O–H groups in total. The van der Waals surface area contributed by atoms with Gasteiger partial charge in [0.15, 0.2) is 0 Å². The Hall–Kier alpha value is -3.98. The maximum atomic E-state index is 13.6. The van der Waals surface area contributed by atoms with Crippen LogP contribution in [0.1, 0.15) is 25.8 Å². The Kier molecular flexibility index (Phi) is 7.79. The van der Waals surface area contributed by atoms with Crippen LogP contribution in [-0.2, 0) is 6.54 Å². The minimum absolute atomic E-state index is 0.0267. The Morgan fingerprint density at radius 1 is 1.15 bits per heavy atom. The second kappa shape index (κ2) is 11.4. The van der Waals surface area contributed by atoms with E-state index in [1.165, 1.54) is 17.2 Å². The molecule has 1 saturated carbocycles. The minimum atomic E-state index is -3.33. The van der Waals surface area contributed by atoms with Gasteiger partial charge in [0.25, 0.3) is 12.2 Å². The van der Waals surface area contributed by atoms with Gasteiger partial charge in [0.2, 0.25) is 5.95 Å². The average molecular weight is 565 g/mol. The number of alkyl halides is 3. The van der Waals surface area contributed by atoms with E-state index in [0.717, 1.165) is 5.56 Å². The van der Waals surface area contributed by atoms with Gasteiger partial charge in [0, 0.05) is 24.0 Å². The third-order valence-electron chi connectivity index (χ3n) is 5.97. The van der Waals surface area contributed by atoms with Crippen molar-refractivity contribution in [3.05, 3.63) is 48.1 Å². The quantitative estimate of drug-likeness (QED) is 0.276. The molecule has 1 aliphatic carbocycles. The number of hydrogen-bond acceptors (Lipinski definition) is 10. The van der Waals surface area contributed by atoms with Gasteiger partial charge in [-0.05, 0) is 47.9 Å². The van der Waals surface area contributed by atoms with Crippen LogP contribution in [0, 0.1) is 0 Å². The summed E-state index contributed by atoms with van der Waals surface area (Å²) in [5.41, 5.74) is 7.38. The topological polar surface area (TPSA) is 144 Å². The molecule has 1 fully saturated rings. The van der Waals surface area contributed by atoms with E-state index in [1.807, 2.05) is 6.92 Å². The molecule has 0 spiro atoms. The van der Waals surface area contributed by atoms with Crippen LogP contribution >= 0.6 is 11.6 Å². The molecule has 39 heavy (non-hydrogen) atoms. The summed E-state index contributed by atoms with van der Waals surface area (Å²) >= 11 is 6.33. The zero-order chi connectivity index (χ0) is 27.5. The highest BCUT2D eigenvalue weighted by Gasteiger charge is 2.31. The number of aromatic nitrogens is 8. The molecule has 1 unspecified atom stereocenters. The Balaban J connectivity index is 1.30. The van der Waals surface area contributed by atoms with Crippen molar-refractivity contribution in [2.45, 2.75) is 57.3 Å². The number of nitrogens with two attached hydrogens (primary N) is 1. The normalized spacial score (nSPS) is 18.4. The first-order valence-corrected chi connectivity index (χ1v) is 12.3. The van der Waals surface area contributed by atoms with Crippen molar-refractivity contribution in [1.82, 2.24) is 40.0 Å². The predicted molar refractivity (Wildman–Crippen MR) is 134 cm³/mol. The molecule has 1 aromatic carbocycles. The second-order valence-corrected chi connectivity index (χ2v) is 9.45. The summed E-state index contributed by atoms with van der Waals surface area (Å²) in [5, 5.41) is 18.4. The van der Waals surface area contributed by atoms with Crippen molar-refractivity contribution in [2.75, 3.05) is 5.32 Å². The van der Waals surface area contributed by atoms with Gasteiger partial charge in [-0.1, -0.05) is 17.7 Å². The summed E-state index contributed by atoms with van der Waals surface area (Å²) < 4.78 is 52.9. The van der Waals surface area contributed by atoms with Gasteiger partial charge in [-0.25, -0.2) is 23.4 Å². The maximum Gasteiger partial charge on any atom is 0.304 e. The third-order valence-corrected chi connectivity index (χ3v) is 6.28. The van der Waals surface area contributed by atoms with Gasteiger partial charge >= 0.3 is 6.43 Å². The van der Waals surface area contributed by atoms with Crippen molar-refractivity contribution >= 4 is 23.2 Å². The largest absolute Gasteiger partial charge is 0.487 e. The van der Waals surface area contributed by atoms with E-state index in [9.17, 15) is 13.2 Å². The molecule has 3 heterocycles. The highest BCUT2D eigenvalue weighted by atomic mass is 35.5. The SMILES string of the molecule is C[C@@H](Cn1cnnn1)Oc1cc(-c2cnc(Nc3cn(C4CC(N)C4)nc3OC(F)C(F)F)nc2)ccc1Cl. The summed E-state index contributed by atoms with van der Waals surface area (Å²) in [7, 11) is 0. The van der Waals surface area contributed by atoms with Crippen molar-refractivity contribution < 1.29 is 22.6 Å². The van der Waals surface area contributed by atoms with Crippen LogP contribution in [0.4, 0.5) is 24.8 Å². The fourth-order valence-corrected chi connectivity index (χ4v) is 4.12. The molecule has 16 heteroatoms. The van der Waals surface area contributed by atoms with Gasteiger partial charge in [-0.2, -0.15) is 4.39 Å². The molecule has 0 amide bonds. The second-order valence-electron chi connectivity index (χ2n) is 9.04. The van der Waals surface area contributed by atoms with Crippen LogP contribution in [0.25, 0.3) is 11.1 Å². The van der Waals surface area contributed by atoms with Gasteiger partial charge in [0.05, 0.1) is 23.8 Å². The van der Waals surface area contributed by atoms with E-state index in [1.54, 1.807) is 35.3 Å². The third kappa shape index (κ3) is 6.37. The van der Waals surface area contributed by atoms with Crippen molar-refractivity contribution in [2.24, 2.45) is 5.73 Å². The Morgan fingerprint density at radius 2 is 1.92 bits per heavy atom. The molecule has 4 aromatic rings. The van der Waals surface area contributed by atoms with Crippen LogP contribution in [0.2, 0.25) is 5.02 Å².